The Morgan fingerprint density at radius 2 is 1.92 bits per heavy atom. The van der Waals surface area contributed by atoms with E-state index < -0.39 is 11.6 Å². The number of nitrogens with one attached hydrogen (secondary N) is 1. The van der Waals surface area contributed by atoms with Crippen LogP contribution in [0.1, 0.15) is 12.5 Å². The Hall–Kier alpha value is -1.69. The highest BCUT2D eigenvalue weighted by Gasteiger charge is 2.42. The van der Waals surface area contributed by atoms with Gasteiger partial charge in [-0.2, -0.15) is 0 Å². The van der Waals surface area contributed by atoms with Gasteiger partial charge in [0.2, 0.25) is 0 Å². The number of para-hydroxylation sites is 1. The number of nitrogens with zero attached hydrogens (tertiary/aromatic N) is 1. The largest absolute Gasteiger partial charge is 0.444 e. The van der Waals surface area contributed by atoms with Gasteiger partial charge in [-0.1, -0.05) is 17.7 Å². The lowest BCUT2D eigenvalue weighted by Crippen LogP contribution is -2.43. The molecule has 0 amide bonds. The summed E-state index contributed by atoms with van der Waals surface area (Å²) in [6, 6.07) is 10.3. The molecule has 0 saturated carbocycles. The Kier molecular flexibility index (Phi) is 5.00. The second-order valence-corrected chi connectivity index (χ2v) is 6.55. The molecule has 1 fully saturated rings. The number of rotatable bonds is 2. The van der Waals surface area contributed by atoms with E-state index in [-0.39, 0.29) is 12.4 Å². The van der Waals surface area contributed by atoms with Crippen LogP contribution in [0.25, 0.3) is 0 Å². The van der Waals surface area contributed by atoms with Crippen molar-refractivity contribution >= 4 is 29.7 Å². The van der Waals surface area contributed by atoms with Gasteiger partial charge in [0.1, 0.15) is 5.82 Å². The number of anilines is 1. The van der Waals surface area contributed by atoms with Crippen molar-refractivity contribution in [3.8, 4) is 11.5 Å². The van der Waals surface area contributed by atoms with E-state index in [1.165, 1.54) is 6.07 Å². The van der Waals surface area contributed by atoms with Crippen LogP contribution in [-0.4, -0.2) is 26.2 Å². The van der Waals surface area contributed by atoms with Crippen molar-refractivity contribution in [3.63, 3.8) is 0 Å². The monoisotopic (exact) mass is 384 g/mol. The van der Waals surface area contributed by atoms with E-state index in [9.17, 15) is 4.39 Å². The molecule has 0 aliphatic carbocycles. The van der Waals surface area contributed by atoms with E-state index in [4.69, 9.17) is 21.1 Å². The van der Waals surface area contributed by atoms with E-state index in [0.717, 1.165) is 31.9 Å². The minimum absolute atomic E-state index is 0. The second-order valence-electron chi connectivity index (χ2n) is 6.12. The molecule has 25 heavy (non-hydrogen) atoms. The maximum absolute atomic E-state index is 14.4. The molecular formula is C18H19Cl2FN2O2. The molecule has 1 atom stereocenters. The minimum Gasteiger partial charge on any atom is -0.444 e. The molecule has 2 aromatic carbocycles. The Labute approximate surface area is 157 Å². The average Bonchev–Trinajstić information content (AvgIpc) is 2.92. The first-order valence-corrected chi connectivity index (χ1v) is 8.37. The fourth-order valence-corrected chi connectivity index (χ4v) is 3.39. The predicted octanol–water partition coefficient (Wildman–Crippen LogP) is 3.95. The van der Waals surface area contributed by atoms with Crippen LogP contribution in [0.3, 0.4) is 0 Å². The van der Waals surface area contributed by atoms with Gasteiger partial charge in [-0.3, -0.25) is 0 Å². The molecule has 0 bridgehead atoms. The molecule has 2 aromatic rings. The lowest BCUT2D eigenvalue weighted by Gasteiger charge is -2.30. The number of fused-ring (bicyclic) bond motifs is 1. The van der Waals surface area contributed by atoms with Crippen molar-refractivity contribution in [1.82, 2.24) is 5.32 Å². The normalized spacial score (nSPS) is 21.8. The van der Waals surface area contributed by atoms with Crippen molar-refractivity contribution in [3.05, 3.63) is 52.8 Å². The van der Waals surface area contributed by atoms with Gasteiger partial charge < -0.3 is 19.7 Å². The fraction of sp³-hybridized carbons (Fsp3) is 0.333. The smallest absolute Gasteiger partial charge is 0.278 e. The average molecular weight is 385 g/mol. The molecule has 2 aliphatic rings. The topological polar surface area (TPSA) is 33.7 Å². The van der Waals surface area contributed by atoms with Gasteiger partial charge in [0, 0.05) is 38.1 Å². The lowest BCUT2D eigenvalue weighted by molar-refractivity contribution is -0.0705. The molecule has 1 saturated heterocycles. The zero-order valence-corrected chi connectivity index (χ0v) is 15.3. The third-order valence-corrected chi connectivity index (χ3v) is 4.67. The van der Waals surface area contributed by atoms with Crippen LogP contribution in [0.2, 0.25) is 5.02 Å². The maximum Gasteiger partial charge on any atom is 0.278 e. The number of benzene rings is 2. The summed E-state index contributed by atoms with van der Waals surface area (Å²) in [4.78, 5) is 2.25. The summed E-state index contributed by atoms with van der Waals surface area (Å²) in [5.41, 5.74) is 1.31. The standard InChI is InChI=1S/C18H18ClFN2O2.ClH/c1-18(13-6-5-12(19)11-14(13)20)23-16-4-2-3-15(17(16)24-18)22-9-7-21-8-10-22;/h2-6,11,21H,7-10H2,1H3;1H. The van der Waals surface area contributed by atoms with Gasteiger partial charge in [-0.15, -0.1) is 12.4 Å². The molecule has 0 radical (unpaired) electrons. The van der Waals surface area contributed by atoms with Crippen molar-refractivity contribution in [2.75, 3.05) is 31.1 Å². The summed E-state index contributed by atoms with van der Waals surface area (Å²) in [6.45, 7) is 5.36. The number of hydrogen-bond acceptors (Lipinski definition) is 4. The van der Waals surface area contributed by atoms with E-state index >= 15 is 0 Å². The number of piperazine rings is 1. The third-order valence-electron chi connectivity index (χ3n) is 4.44. The van der Waals surface area contributed by atoms with Crippen LogP contribution in [0.5, 0.6) is 11.5 Å². The first kappa shape index (κ1) is 18.1. The summed E-state index contributed by atoms with van der Waals surface area (Å²) >= 11 is 5.85. The van der Waals surface area contributed by atoms with Crippen molar-refractivity contribution in [2.24, 2.45) is 0 Å². The molecular weight excluding hydrogens is 366 g/mol. The zero-order valence-electron chi connectivity index (χ0n) is 13.7. The summed E-state index contributed by atoms with van der Waals surface area (Å²) in [7, 11) is 0. The molecule has 1 N–H and O–H groups in total. The lowest BCUT2D eigenvalue weighted by atomic mass is 10.1. The molecule has 134 valence electrons. The van der Waals surface area contributed by atoms with E-state index in [1.807, 2.05) is 18.2 Å². The van der Waals surface area contributed by atoms with Crippen molar-refractivity contribution < 1.29 is 13.9 Å². The maximum atomic E-state index is 14.4. The van der Waals surface area contributed by atoms with Crippen molar-refractivity contribution in [1.29, 1.82) is 0 Å². The van der Waals surface area contributed by atoms with Crippen LogP contribution >= 0.6 is 24.0 Å². The molecule has 4 rings (SSSR count). The summed E-state index contributed by atoms with van der Waals surface area (Å²) in [5, 5.41) is 3.68. The first-order valence-electron chi connectivity index (χ1n) is 7.99. The van der Waals surface area contributed by atoms with Crippen LogP contribution in [0, 0.1) is 5.82 Å². The summed E-state index contributed by atoms with van der Waals surface area (Å²) < 4.78 is 26.5. The Bertz CT molecular complexity index is 784. The quantitative estimate of drug-likeness (QED) is 0.849. The Balaban J connectivity index is 0.00000182. The Morgan fingerprint density at radius 3 is 2.64 bits per heavy atom. The van der Waals surface area contributed by atoms with Crippen LogP contribution in [0.15, 0.2) is 36.4 Å². The van der Waals surface area contributed by atoms with E-state index in [2.05, 4.69) is 10.2 Å². The second kappa shape index (κ2) is 6.90. The highest BCUT2D eigenvalue weighted by atomic mass is 35.5. The molecule has 2 heterocycles. The SMILES string of the molecule is CC1(c2ccc(Cl)cc2F)Oc2cccc(N3CCNCC3)c2O1.Cl. The fourth-order valence-electron chi connectivity index (χ4n) is 3.24. The first-order chi connectivity index (χ1) is 11.6. The third kappa shape index (κ3) is 3.24. The number of halogens is 3. The van der Waals surface area contributed by atoms with Crippen LogP contribution < -0.4 is 19.7 Å². The zero-order chi connectivity index (χ0) is 16.7. The minimum atomic E-state index is -1.21. The molecule has 0 spiro atoms. The molecule has 2 aliphatic heterocycles. The highest BCUT2D eigenvalue weighted by molar-refractivity contribution is 6.30. The van der Waals surface area contributed by atoms with Crippen molar-refractivity contribution in [2.45, 2.75) is 12.7 Å². The van der Waals surface area contributed by atoms with Gasteiger partial charge in [0.25, 0.3) is 5.79 Å². The van der Waals surface area contributed by atoms with Gasteiger partial charge in [-0.05, 0) is 30.3 Å². The van der Waals surface area contributed by atoms with Gasteiger partial charge in [0.05, 0.1) is 11.3 Å². The Morgan fingerprint density at radius 1 is 1.16 bits per heavy atom. The summed E-state index contributed by atoms with van der Waals surface area (Å²) in [5.74, 6) is -0.359. The highest BCUT2D eigenvalue weighted by Crippen LogP contribution is 2.49. The number of hydrogen-bond donors (Lipinski definition) is 1. The van der Waals surface area contributed by atoms with Gasteiger partial charge >= 0.3 is 0 Å². The predicted molar refractivity (Wildman–Crippen MR) is 98.8 cm³/mol. The molecule has 7 heteroatoms. The number of ether oxygens (including phenoxy) is 2. The van der Waals surface area contributed by atoms with E-state index in [0.29, 0.717) is 22.1 Å². The van der Waals surface area contributed by atoms with Crippen LogP contribution in [-0.2, 0) is 5.79 Å². The van der Waals surface area contributed by atoms with Crippen LogP contribution in [0.4, 0.5) is 10.1 Å². The van der Waals surface area contributed by atoms with E-state index in [1.54, 1.807) is 19.1 Å². The molecule has 4 nitrogen and oxygen atoms in total. The summed E-state index contributed by atoms with van der Waals surface area (Å²) in [6.07, 6.45) is 0. The van der Waals surface area contributed by atoms with Gasteiger partial charge in [-0.25, -0.2) is 4.39 Å². The molecule has 0 aromatic heterocycles. The van der Waals surface area contributed by atoms with Gasteiger partial charge in [0.15, 0.2) is 11.5 Å². The molecule has 1 unspecified atom stereocenters.